The van der Waals surface area contributed by atoms with E-state index in [1.807, 2.05) is 32.9 Å². The second-order valence-electron chi connectivity index (χ2n) is 12.7. The van der Waals surface area contributed by atoms with E-state index in [-0.39, 0.29) is 30.9 Å². The van der Waals surface area contributed by atoms with Crippen LogP contribution in [0.5, 0.6) is 11.6 Å². The van der Waals surface area contributed by atoms with Crippen molar-refractivity contribution in [1.82, 2.24) is 14.9 Å². The highest BCUT2D eigenvalue weighted by atomic mass is 19.1. The molecule has 41 heavy (non-hydrogen) atoms. The number of hydrogen-bond donors (Lipinski definition) is 0. The number of amides is 1. The maximum absolute atomic E-state index is 14.5. The predicted octanol–water partition coefficient (Wildman–Crippen LogP) is 4.48. The van der Waals surface area contributed by atoms with Gasteiger partial charge in [0.15, 0.2) is 0 Å². The number of aldehydes is 1. The van der Waals surface area contributed by atoms with Gasteiger partial charge in [-0.2, -0.15) is 0 Å². The van der Waals surface area contributed by atoms with E-state index in [0.717, 1.165) is 32.1 Å². The molecule has 2 aromatic rings. The summed E-state index contributed by atoms with van der Waals surface area (Å²) < 4.78 is 32.0. The van der Waals surface area contributed by atoms with Crippen LogP contribution in [0.2, 0.25) is 0 Å². The number of aryl methyl sites for hydroxylation is 1. The van der Waals surface area contributed by atoms with Gasteiger partial charge in [0.1, 0.15) is 29.9 Å². The molecule has 5 rings (SSSR count). The zero-order valence-corrected chi connectivity index (χ0v) is 24.3. The highest BCUT2D eigenvalue weighted by Gasteiger charge is 2.49. The number of nitrogens with zero attached hydrogens (tertiary/aromatic N) is 3. The quantitative estimate of drug-likeness (QED) is 0.393. The van der Waals surface area contributed by atoms with Crippen molar-refractivity contribution in [3.05, 3.63) is 23.9 Å². The van der Waals surface area contributed by atoms with Gasteiger partial charge in [0, 0.05) is 6.07 Å². The fraction of sp³-hybridized carbons (Fsp3) is 0.645. The van der Waals surface area contributed by atoms with Gasteiger partial charge in [-0.25, -0.2) is 9.97 Å². The van der Waals surface area contributed by atoms with Gasteiger partial charge in [-0.15, -0.1) is 0 Å². The summed E-state index contributed by atoms with van der Waals surface area (Å²) in [7, 11) is 1.57. The molecule has 2 fully saturated rings. The number of rotatable bonds is 3. The molecule has 6 atom stereocenters. The summed E-state index contributed by atoms with van der Waals surface area (Å²) in [5, 5.41) is 0. The van der Waals surface area contributed by atoms with Crippen LogP contribution in [-0.4, -0.2) is 71.6 Å². The molecule has 222 valence electrons. The fourth-order valence-electron chi connectivity index (χ4n) is 6.10. The summed E-state index contributed by atoms with van der Waals surface area (Å²) in [6.45, 7) is 4.79. The Kier molecular flexibility index (Phi) is 8.47. The van der Waals surface area contributed by atoms with Gasteiger partial charge in [0.05, 0.1) is 55.7 Å². The van der Waals surface area contributed by atoms with Gasteiger partial charge < -0.3 is 23.9 Å². The minimum absolute atomic E-state index is 0.000418. The molecule has 3 aliphatic rings. The normalized spacial score (nSPS) is 29.4. The molecule has 1 aromatic heterocycles. The maximum atomic E-state index is 14.5. The van der Waals surface area contributed by atoms with E-state index in [2.05, 4.69) is 0 Å². The zero-order chi connectivity index (χ0) is 29.3. The number of carbonyl (C=O) groups is 3. The summed E-state index contributed by atoms with van der Waals surface area (Å²) in [6.07, 6.45) is 4.86. The topological polar surface area (TPSA) is 108 Å². The third-order valence-corrected chi connectivity index (χ3v) is 8.77. The van der Waals surface area contributed by atoms with E-state index in [1.165, 1.54) is 4.90 Å². The number of ether oxygens (including phenoxy) is 3. The van der Waals surface area contributed by atoms with E-state index in [4.69, 9.17) is 24.2 Å². The van der Waals surface area contributed by atoms with Crippen LogP contribution in [0.4, 0.5) is 4.39 Å². The van der Waals surface area contributed by atoms with E-state index in [9.17, 15) is 18.8 Å². The molecule has 2 aliphatic heterocycles. The minimum atomic E-state index is -1.02. The third kappa shape index (κ3) is 6.31. The van der Waals surface area contributed by atoms with E-state index in [1.54, 1.807) is 13.2 Å². The number of aromatic nitrogens is 2. The molecule has 1 aliphatic carbocycles. The van der Waals surface area contributed by atoms with Crippen LogP contribution in [-0.2, 0) is 25.5 Å². The van der Waals surface area contributed by atoms with Crippen LogP contribution in [0.1, 0.15) is 65.0 Å². The highest BCUT2D eigenvalue weighted by molar-refractivity contribution is 5.87. The average molecular weight is 570 g/mol. The first-order valence-electron chi connectivity index (χ1n) is 14.7. The standard InChI is InChI=1S/C31H40FN3O6/c1-31(2,3)21-14-28(37)40-26-12-18(26)8-6-5-7-9-23-29(34-24-13-19(39-4)10-11-22(24)33-23)41-27-16-35(30(21)38)25(17-36)20(27)15-32/h10-11,13,17-18,20-21,25-27H,5-9,12,14-16H2,1-4H3/t18-,20+,21-,25-,26-,27+/m1/s1. The summed E-state index contributed by atoms with van der Waals surface area (Å²) in [5.74, 6) is -1.15. The van der Waals surface area contributed by atoms with Crippen molar-refractivity contribution < 1.29 is 33.0 Å². The van der Waals surface area contributed by atoms with E-state index >= 15 is 0 Å². The highest BCUT2D eigenvalue weighted by Crippen LogP contribution is 2.41. The lowest BCUT2D eigenvalue weighted by Crippen LogP contribution is -2.46. The summed E-state index contributed by atoms with van der Waals surface area (Å²) in [4.78, 5) is 50.1. The Morgan fingerprint density at radius 2 is 1.90 bits per heavy atom. The molecule has 0 N–H and O–H groups in total. The van der Waals surface area contributed by atoms with Crippen molar-refractivity contribution in [3.63, 3.8) is 0 Å². The van der Waals surface area contributed by atoms with Crippen molar-refractivity contribution in [2.75, 3.05) is 20.3 Å². The van der Waals surface area contributed by atoms with Crippen LogP contribution < -0.4 is 9.47 Å². The maximum Gasteiger partial charge on any atom is 0.306 e. The Labute approximate surface area is 240 Å². The van der Waals surface area contributed by atoms with Gasteiger partial charge in [-0.05, 0) is 49.1 Å². The number of alkyl halides is 1. The molecule has 1 aromatic carbocycles. The number of methoxy groups -OCH3 is 1. The lowest BCUT2D eigenvalue weighted by molar-refractivity contribution is -0.153. The molecular formula is C31H40FN3O6. The second-order valence-corrected chi connectivity index (χ2v) is 12.7. The van der Waals surface area contributed by atoms with Crippen molar-refractivity contribution in [3.8, 4) is 11.6 Å². The molecule has 10 heteroatoms. The van der Waals surface area contributed by atoms with Crippen molar-refractivity contribution in [2.24, 2.45) is 23.2 Å². The fourth-order valence-corrected chi connectivity index (χ4v) is 6.10. The molecule has 3 heterocycles. The van der Waals surface area contributed by atoms with Gasteiger partial charge >= 0.3 is 5.97 Å². The van der Waals surface area contributed by atoms with Gasteiger partial charge in [0.25, 0.3) is 0 Å². The summed E-state index contributed by atoms with van der Waals surface area (Å²) in [6, 6.07) is 4.41. The van der Waals surface area contributed by atoms with Crippen LogP contribution in [0.3, 0.4) is 0 Å². The molecule has 1 saturated carbocycles. The molecule has 9 nitrogen and oxygen atoms in total. The Morgan fingerprint density at radius 3 is 2.61 bits per heavy atom. The van der Waals surface area contributed by atoms with Crippen LogP contribution in [0, 0.1) is 23.2 Å². The number of hydrogen-bond acceptors (Lipinski definition) is 8. The molecular weight excluding hydrogens is 529 g/mol. The Bertz CT molecular complexity index is 1300. The van der Waals surface area contributed by atoms with Gasteiger partial charge in [-0.3, -0.25) is 14.0 Å². The lowest BCUT2D eigenvalue weighted by Gasteiger charge is -2.34. The van der Waals surface area contributed by atoms with Crippen LogP contribution in [0.25, 0.3) is 11.0 Å². The predicted molar refractivity (Wildman–Crippen MR) is 149 cm³/mol. The first kappa shape index (κ1) is 29.2. The Balaban J connectivity index is 1.51. The number of carbonyl (C=O) groups excluding carboxylic acids is 3. The zero-order valence-electron chi connectivity index (χ0n) is 24.3. The molecule has 0 radical (unpaired) electrons. The van der Waals surface area contributed by atoms with Gasteiger partial charge in [-0.1, -0.05) is 33.6 Å². The molecule has 0 unspecified atom stereocenters. The SMILES string of the molecule is COc1ccc2nc3c(nc2c1)O[C@H]1CN(C(=O)[C@H](C(C)(C)C)CC(=O)O[C@@H]2C[C@H]2CCCCC3)[C@H](C=O)[C@@H]1CF. The third-order valence-electron chi connectivity index (χ3n) is 8.77. The summed E-state index contributed by atoms with van der Waals surface area (Å²) >= 11 is 0. The monoisotopic (exact) mass is 569 g/mol. The minimum Gasteiger partial charge on any atom is -0.497 e. The lowest BCUT2D eigenvalue weighted by atomic mass is 9.77. The number of halogens is 1. The second kappa shape index (κ2) is 11.9. The Morgan fingerprint density at radius 1 is 1.10 bits per heavy atom. The first-order valence-corrected chi connectivity index (χ1v) is 14.7. The van der Waals surface area contributed by atoms with Crippen LogP contribution in [0.15, 0.2) is 18.2 Å². The smallest absolute Gasteiger partial charge is 0.306 e. The number of fused-ring (bicyclic) bond motifs is 5. The molecule has 1 saturated heterocycles. The van der Waals surface area contributed by atoms with Gasteiger partial charge in [0.2, 0.25) is 11.8 Å². The number of benzene rings is 1. The average Bonchev–Trinajstić information content (AvgIpc) is 3.57. The van der Waals surface area contributed by atoms with Crippen molar-refractivity contribution in [2.45, 2.75) is 84.0 Å². The van der Waals surface area contributed by atoms with E-state index < -0.39 is 42.0 Å². The van der Waals surface area contributed by atoms with E-state index in [0.29, 0.717) is 41.1 Å². The Hall–Kier alpha value is -3.30. The molecule has 1 amide bonds. The summed E-state index contributed by atoms with van der Waals surface area (Å²) in [5.41, 5.74) is 1.35. The van der Waals surface area contributed by atoms with Crippen LogP contribution >= 0.6 is 0 Å². The largest absolute Gasteiger partial charge is 0.497 e. The number of esters is 1. The van der Waals surface area contributed by atoms with Crippen molar-refractivity contribution in [1.29, 1.82) is 0 Å². The first-order chi connectivity index (χ1) is 19.6. The van der Waals surface area contributed by atoms with Crippen molar-refractivity contribution >= 4 is 29.2 Å². The molecule has 2 bridgehead atoms. The molecule has 0 spiro atoms.